The molecule has 42 heavy (non-hydrogen) atoms. The number of piperidine rings is 1. The van der Waals surface area contributed by atoms with E-state index in [1.807, 2.05) is 6.26 Å². The van der Waals surface area contributed by atoms with E-state index in [1.54, 1.807) is 18.7 Å². The van der Waals surface area contributed by atoms with Crippen molar-refractivity contribution in [3.8, 4) is 0 Å². The Kier molecular flexibility index (Phi) is 16.3. The number of nitrogens with zero attached hydrogens (tertiary/aromatic N) is 3. The summed E-state index contributed by atoms with van der Waals surface area (Å²) in [7, 11) is 0. The molecular formula is C32H52Cl2N6OS. The van der Waals surface area contributed by atoms with E-state index in [0.29, 0.717) is 16.4 Å². The minimum absolute atomic E-state index is 0.0759. The van der Waals surface area contributed by atoms with Crippen LogP contribution in [0.2, 0.25) is 10.0 Å². The average Bonchev–Trinajstić information content (AvgIpc) is 3.26. The molecule has 1 aliphatic rings. The molecule has 0 unspecified atom stereocenters. The third-order valence-corrected chi connectivity index (χ3v) is 9.64. The Morgan fingerprint density at radius 3 is 2.02 bits per heavy atom. The van der Waals surface area contributed by atoms with Gasteiger partial charge in [-0.1, -0.05) is 125 Å². The number of anilines is 2. The Morgan fingerprint density at radius 1 is 0.929 bits per heavy atom. The van der Waals surface area contributed by atoms with Crippen LogP contribution < -0.4 is 15.5 Å². The van der Waals surface area contributed by atoms with Crippen LogP contribution >= 0.6 is 35.0 Å². The number of aryl methyl sites for hydroxylation is 1. The molecule has 1 amide bonds. The van der Waals surface area contributed by atoms with Gasteiger partial charge < -0.3 is 20.5 Å². The van der Waals surface area contributed by atoms with Crippen LogP contribution in [-0.2, 0) is 0 Å². The molecule has 2 aromatic rings. The van der Waals surface area contributed by atoms with Crippen LogP contribution in [0.25, 0.3) is 0 Å². The Balaban J connectivity index is 1.31. The highest BCUT2D eigenvalue weighted by Crippen LogP contribution is 2.29. The van der Waals surface area contributed by atoms with Crippen LogP contribution in [0.4, 0.5) is 11.6 Å². The van der Waals surface area contributed by atoms with Gasteiger partial charge in [-0.05, 0) is 32.4 Å². The number of aromatic amines is 1. The smallest absolute Gasteiger partial charge is 0.269 e. The largest absolute Gasteiger partial charge is 0.370 e. The van der Waals surface area contributed by atoms with Crippen molar-refractivity contribution >= 4 is 52.5 Å². The summed E-state index contributed by atoms with van der Waals surface area (Å²) in [5.41, 5.74) is 1.03. The minimum atomic E-state index is -0.213. The van der Waals surface area contributed by atoms with Crippen molar-refractivity contribution in [1.29, 1.82) is 0 Å². The summed E-state index contributed by atoms with van der Waals surface area (Å²) in [6, 6.07) is 2.14. The average molecular weight is 640 g/mol. The standard InChI is InChI=1S/C32H52Cl2N6OS/c1-4-5-6-7-8-9-10-11-12-13-14-15-16-17-20-35-26-23-27(39-32(38-26)42-3)40-21-18-25(19-22-40)37-31(41)30-29(34)28(33)24(2)36-30/h23,25,36H,4-22H2,1-3H3,(H,37,41)(H,35,38,39). The summed E-state index contributed by atoms with van der Waals surface area (Å²) in [6.45, 7) is 6.64. The zero-order valence-electron chi connectivity index (χ0n) is 26.0. The van der Waals surface area contributed by atoms with Gasteiger partial charge in [0.25, 0.3) is 5.91 Å². The molecule has 0 radical (unpaired) electrons. The van der Waals surface area contributed by atoms with E-state index in [0.717, 1.165) is 55.7 Å². The van der Waals surface area contributed by atoms with Gasteiger partial charge in [-0.2, -0.15) is 0 Å². The molecule has 1 aliphatic heterocycles. The van der Waals surface area contributed by atoms with Crippen LogP contribution in [-0.4, -0.2) is 52.8 Å². The summed E-state index contributed by atoms with van der Waals surface area (Å²) in [5, 5.41) is 8.10. The number of halogens is 2. The number of carbonyl (C=O) groups excluding carboxylic acids is 1. The molecule has 0 aromatic carbocycles. The highest BCUT2D eigenvalue weighted by molar-refractivity contribution is 7.98. The number of aromatic nitrogens is 3. The van der Waals surface area contributed by atoms with E-state index in [9.17, 15) is 4.79 Å². The number of unbranched alkanes of at least 4 members (excludes halogenated alkanes) is 13. The molecule has 1 fully saturated rings. The SMILES string of the molecule is CCCCCCCCCCCCCCCCNc1cc(N2CCC(NC(=O)c3[nH]c(C)c(Cl)c3Cl)CC2)nc(SC)n1. The summed E-state index contributed by atoms with van der Waals surface area (Å²) in [6.07, 6.45) is 22.8. The van der Waals surface area contributed by atoms with Crippen molar-refractivity contribution in [2.24, 2.45) is 0 Å². The molecule has 0 spiro atoms. The molecule has 3 heterocycles. The van der Waals surface area contributed by atoms with Gasteiger partial charge in [-0.15, -0.1) is 0 Å². The molecule has 3 rings (SSSR count). The summed E-state index contributed by atoms with van der Waals surface area (Å²) >= 11 is 13.9. The number of amides is 1. The van der Waals surface area contributed by atoms with Crippen LogP contribution in [0.5, 0.6) is 0 Å². The Bertz CT molecular complexity index is 1070. The first-order valence-electron chi connectivity index (χ1n) is 16.2. The maximum Gasteiger partial charge on any atom is 0.269 e. The molecular weight excluding hydrogens is 587 g/mol. The number of rotatable bonds is 20. The highest BCUT2D eigenvalue weighted by atomic mass is 35.5. The zero-order chi connectivity index (χ0) is 30.2. The third kappa shape index (κ3) is 11.8. The van der Waals surface area contributed by atoms with Gasteiger partial charge >= 0.3 is 0 Å². The highest BCUT2D eigenvalue weighted by Gasteiger charge is 2.25. The first-order chi connectivity index (χ1) is 20.4. The number of H-pyrrole nitrogens is 1. The maximum atomic E-state index is 12.7. The van der Waals surface area contributed by atoms with Gasteiger partial charge in [-0.3, -0.25) is 4.79 Å². The molecule has 3 N–H and O–H groups in total. The van der Waals surface area contributed by atoms with Crippen molar-refractivity contribution in [2.75, 3.05) is 36.1 Å². The van der Waals surface area contributed by atoms with E-state index in [2.05, 4.69) is 38.5 Å². The van der Waals surface area contributed by atoms with E-state index in [1.165, 1.54) is 83.5 Å². The van der Waals surface area contributed by atoms with E-state index >= 15 is 0 Å². The fourth-order valence-electron chi connectivity index (χ4n) is 5.53. The van der Waals surface area contributed by atoms with Gasteiger partial charge in [0.1, 0.15) is 17.3 Å². The number of carbonyl (C=O) groups is 1. The Hall–Kier alpha value is -1.64. The molecule has 7 nitrogen and oxygen atoms in total. The Morgan fingerprint density at radius 2 is 1.50 bits per heavy atom. The maximum absolute atomic E-state index is 12.7. The molecule has 0 bridgehead atoms. The topological polar surface area (TPSA) is 85.9 Å². The summed E-state index contributed by atoms with van der Waals surface area (Å²) < 4.78 is 0. The van der Waals surface area contributed by atoms with Crippen molar-refractivity contribution in [2.45, 2.75) is 128 Å². The number of nitrogens with one attached hydrogen (secondary N) is 3. The predicted octanol–water partition coefficient (Wildman–Crippen LogP) is 9.43. The Labute approximate surface area is 268 Å². The summed E-state index contributed by atoms with van der Waals surface area (Å²) in [5.74, 6) is 1.62. The number of hydrogen-bond donors (Lipinski definition) is 3. The van der Waals surface area contributed by atoms with E-state index in [4.69, 9.17) is 28.2 Å². The van der Waals surface area contributed by atoms with Crippen LogP contribution in [0.15, 0.2) is 11.2 Å². The lowest BCUT2D eigenvalue weighted by Crippen LogP contribution is -2.45. The zero-order valence-corrected chi connectivity index (χ0v) is 28.3. The quantitative estimate of drug-likeness (QED) is 0.0760. The molecule has 0 saturated carbocycles. The molecule has 2 aromatic heterocycles. The molecule has 10 heteroatoms. The first kappa shape index (κ1) is 34.8. The molecule has 0 aliphatic carbocycles. The van der Waals surface area contributed by atoms with E-state index in [-0.39, 0.29) is 17.0 Å². The van der Waals surface area contributed by atoms with Crippen molar-refractivity contribution in [3.05, 3.63) is 27.5 Å². The van der Waals surface area contributed by atoms with Crippen molar-refractivity contribution in [3.63, 3.8) is 0 Å². The second-order valence-electron chi connectivity index (χ2n) is 11.6. The first-order valence-corrected chi connectivity index (χ1v) is 18.2. The molecule has 1 saturated heterocycles. The van der Waals surface area contributed by atoms with Crippen molar-refractivity contribution in [1.82, 2.24) is 20.3 Å². The summed E-state index contributed by atoms with van der Waals surface area (Å²) in [4.78, 5) is 27.5. The van der Waals surface area contributed by atoms with Gasteiger partial charge in [-0.25, -0.2) is 9.97 Å². The van der Waals surface area contributed by atoms with Crippen molar-refractivity contribution < 1.29 is 4.79 Å². The molecule has 236 valence electrons. The second-order valence-corrected chi connectivity index (χ2v) is 13.1. The van der Waals surface area contributed by atoms with Crippen LogP contribution in [0.3, 0.4) is 0 Å². The second kappa shape index (κ2) is 19.6. The number of hydrogen-bond acceptors (Lipinski definition) is 6. The van der Waals surface area contributed by atoms with Crippen LogP contribution in [0, 0.1) is 6.92 Å². The lowest BCUT2D eigenvalue weighted by Gasteiger charge is -2.33. The minimum Gasteiger partial charge on any atom is -0.370 e. The molecule has 0 atom stereocenters. The van der Waals surface area contributed by atoms with E-state index < -0.39 is 0 Å². The van der Waals surface area contributed by atoms with Gasteiger partial charge in [0.2, 0.25) is 0 Å². The van der Waals surface area contributed by atoms with Crippen LogP contribution in [0.1, 0.15) is 126 Å². The lowest BCUT2D eigenvalue weighted by atomic mass is 10.0. The predicted molar refractivity (Wildman–Crippen MR) is 181 cm³/mol. The van der Waals surface area contributed by atoms with Gasteiger partial charge in [0.15, 0.2) is 5.16 Å². The lowest BCUT2D eigenvalue weighted by molar-refractivity contribution is 0.0926. The fraction of sp³-hybridized carbons (Fsp3) is 0.719. The monoisotopic (exact) mass is 638 g/mol. The normalized spacial score (nSPS) is 14.0. The van der Waals surface area contributed by atoms with Gasteiger partial charge in [0, 0.05) is 37.4 Å². The third-order valence-electron chi connectivity index (χ3n) is 8.15. The fourth-order valence-corrected chi connectivity index (χ4v) is 6.32. The van der Waals surface area contributed by atoms with Gasteiger partial charge in [0.05, 0.1) is 10.0 Å². The number of thioether (sulfide) groups is 1.